The number of thioether (sulfide) groups is 1. The molecule has 1 spiro atoms. The maximum Gasteiger partial charge on any atom is 0.310 e. The van der Waals surface area contributed by atoms with E-state index in [4.69, 9.17) is 4.74 Å². The summed E-state index contributed by atoms with van der Waals surface area (Å²) in [4.78, 5) is 44.6. The van der Waals surface area contributed by atoms with Crippen molar-refractivity contribution in [3.63, 3.8) is 0 Å². The van der Waals surface area contributed by atoms with Gasteiger partial charge in [0.2, 0.25) is 11.8 Å². The first-order valence-electron chi connectivity index (χ1n) is 12.8. The highest BCUT2D eigenvalue weighted by molar-refractivity contribution is 8.02. The van der Waals surface area contributed by atoms with E-state index >= 15 is 0 Å². The van der Waals surface area contributed by atoms with Gasteiger partial charge in [0.05, 0.1) is 28.7 Å². The number of aliphatic hydroxyl groups is 1. The zero-order chi connectivity index (χ0) is 26.3. The number of fused-ring (bicyclic) bond motifs is 2. The van der Waals surface area contributed by atoms with Crippen molar-refractivity contribution in [2.75, 3.05) is 26.3 Å². The number of esters is 1. The van der Waals surface area contributed by atoms with Crippen LogP contribution in [0.5, 0.6) is 0 Å². The lowest BCUT2D eigenvalue weighted by atomic mass is 9.66. The molecular formula is C26H33N5O5S. The minimum Gasteiger partial charge on any atom is -0.466 e. The summed E-state index contributed by atoms with van der Waals surface area (Å²) in [6, 6.07) is 6.76. The molecule has 1 aromatic carbocycles. The molecule has 3 saturated heterocycles. The molecule has 3 unspecified atom stereocenters. The molecule has 3 fully saturated rings. The lowest BCUT2D eigenvalue weighted by Crippen LogP contribution is -2.57. The normalized spacial score (nSPS) is 30.1. The topological polar surface area (TPSA) is 118 Å². The van der Waals surface area contributed by atoms with E-state index in [2.05, 4.69) is 23.8 Å². The fourth-order valence-electron chi connectivity index (χ4n) is 6.52. The van der Waals surface area contributed by atoms with Gasteiger partial charge in [-0.05, 0) is 37.8 Å². The summed E-state index contributed by atoms with van der Waals surface area (Å²) in [5.41, 5.74) is 1.52. The SMILES string of the molecule is C=CCN(Cn1nnc2ccccc21)C(=O)C1N(CCCO)C(=O)[C@@H]2[C@H](C(=O)OCC)[C@@H]3CC(C)C12S3. The number of rotatable bonds is 10. The quantitative estimate of drug-likeness (QED) is 0.366. The number of likely N-dealkylation sites (tertiary alicyclic amines) is 1. The van der Waals surface area contributed by atoms with Gasteiger partial charge in [-0.1, -0.05) is 30.3 Å². The molecule has 10 nitrogen and oxygen atoms in total. The van der Waals surface area contributed by atoms with Crippen LogP contribution in [0.4, 0.5) is 0 Å². The average Bonchev–Trinajstić information content (AvgIpc) is 3.60. The number of carbonyl (C=O) groups is 3. The summed E-state index contributed by atoms with van der Waals surface area (Å²) in [6.45, 7) is 8.47. The minimum absolute atomic E-state index is 0.0491. The number of hydrogen-bond acceptors (Lipinski definition) is 8. The Morgan fingerprint density at radius 2 is 2.16 bits per heavy atom. The molecule has 5 rings (SSSR count). The highest BCUT2D eigenvalue weighted by atomic mass is 32.2. The van der Waals surface area contributed by atoms with Crippen molar-refractivity contribution >= 4 is 40.6 Å². The molecule has 198 valence electrons. The predicted molar refractivity (Wildman–Crippen MR) is 138 cm³/mol. The van der Waals surface area contributed by atoms with E-state index in [0.29, 0.717) is 6.42 Å². The Kier molecular flexibility index (Phi) is 7.01. The molecule has 11 heteroatoms. The Hall–Kier alpha value is -2.92. The van der Waals surface area contributed by atoms with Gasteiger partial charge in [-0.25, -0.2) is 4.68 Å². The van der Waals surface area contributed by atoms with Crippen molar-refractivity contribution in [3.05, 3.63) is 36.9 Å². The molecule has 0 radical (unpaired) electrons. The molecule has 2 aromatic rings. The fraction of sp³-hybridized carbons (Fsp3) is 0.577. The molecule has 6 atom stereocenters. The summed E-state index contributed by atoms with van der Waals surface area (Å²) in [7, 11) is 0. The molecule has 4 heterocycles. The molecule has 2 amide bonds. The summed E-state index contributed by atoms with van der Waals surface area (Å²) < 4.78 is 6.32. The van der Waals surface area contributed by atoms with Gasteiger partial charge in [-0.3, -0.25) is 14.4 Å². The smallest absolute Gasteiger partial charge is 0.310 e. The maximum atomic E-state index is 14.4. The zero-order valence-electron chi connectivity index (χ0n) is 21.2. The molecule has 1 N–H and O–H groups in total. The van der Waals surface area contributed by atoms with E-state index in [-0.39, 0.29) is 61.9 Å². The molecule has 37 heavy (non-hydrogen) atoms. The summed E-state index contributed by atoms with van der Waals surface area (Å²) >= 11 is 1.61. The minimum atomic E-state index is -0.768. The third-order valence-corrected chi connectivity index (χ3v) is 10.1. The largest absolute Gasteiger partial charge is 0.466 e. The number of hydrogen-bond donors (Lipinski definition) is 1. The van der Waals surface area contributed by atoms with Crippen LogP contribution in [0.3, 0.4) is 0 Å². The fourth-order valence-corrected chi connectivity index (χ4v) is 8.92. The molecule has 3 aliphatic rings. The van der Waals surface area contributed by atoms with Crippen molar-refractivity contribution in [1.82, 2.24) is 24.8 Å². The highest BCUT2D eigenvalue weighted by Gasteiger charge is 2.76. The first-order chi connectivity index (χ1) is 17.9. The lowest BCUT2D eigenvalue weighted by Gasteiger charge is -2.40. The molecule has 0 saturated carbocycles. The number of para-hydroxylation sites is 1. The summed E-state index contributed by atoms with van der Waals surface area (Å²) in [5, 5.41) is 17.9. The van der Waals surface area contributed by atoms with Gasteiger partial charge < -0.3 is 19.6 Å². The number of carbonyl (C=O) groups excluding carboxylic acids is 3. The number of nitrogens with zero attached hydrogens (tertiary/aromatic N) is 5. The lowest BCUT2D eigenvalue weighted by molar-refractivity contribution is -0.154. The van der Waals surface area contributed by atoms with Gasteiger partial charge in [-0.2, -0.15) is 0 Å². The summed E-state index contributed by atoms with van der Waals surface area (Å²) in [6.07, 6.45) is 2.75. The molecular weight excluding hydrogens is 494 g/mol. The van der Waals surface area contributed by atoms with Gasteiger partial charge in [0.1, 0.15) is 18.2 Å². The van der Waals surface area contributed by atoms with Crippen molar-refractivity contribution in [2.24, 2.45) is 17.8 Å². The van der Waals surface area contributed by atoms with E-state index in [1.807, 2.05) is 24.3 Å². The van der Waals surface area contributed by atoms with Gasteiger partial charge in [-0.15, -0.1) is 23.4 Å². The molecule has 3 aliphatic heterocycles. The van der Waals surface area contributed by atoms with E-state index in [0.717, 1.165) is 17.5 Å². The van der Waals surface area contributed by atoms with E-state index < -0.39 is 22.6 Å². The van der Waals surface area contributed by atoms with Crippen LogP contribution in [-0.2, 0) is 25.8 Å². The highest BCUT2D eigenvalue weighted by Crippen LogP contribution is 2.68. The Morgan fingerprint density at radius 1 is 1.38 bits per heavy atom. The number of benzene rings is 1. The van der Waals surface area contributed by atoms with Gasteiger partial charge >= 0.3 is 5.97 Å². The maximum absolute atomic E-state index is 14.4. The second-order valence-corrected chi connectivity index (χ2v) is 11.5. The van der Waals surface area contributed by atoms with Crippen molar-refractivity contribution in [1.29, 1.82) is 0 Å². The van der Waals surface area contributed by atoms with Gasteiger partial charge in [0.15, 0.2) is 0 Å². The molecule has 2 bridgehead atoms. The third kappa shape index (κ3) is 3.94. The van der Waals surface area contributed by atoms with Gasteiger partial charge in [0, 0.05) is 24.9 Å². The van der Waals surface area contributed by atoms with Crippen LogP contribution in [0.25, 0.3) is 11.0 Å². The molecule has 1 aromatic heterocycles. The first-order valence-corrected chi connectivity index (χ1v) is 13.7. The van der Waals surface area contributed by atoms with Crippen LogP contribution < -0.4 is 0 Å². The van der Waals surface area contributed by atoms with Crippen LogP contribution in [-0.4, -0.2) is 90.0 Å². The van der Waals surface area contributed by atoms with E-state index in [1.165, 1.54) is 0 Å². The third-order valence-electron chi connectivity index (χ3n) is 7.98. The van der Waals surface area contributed by atoms with Crippen LogP contribution in [0.15, 0.2) is 36.9 Å². The van der Waals surface area contributed by atoms with Gasteiger partial charge in [0.25, 0.3) is 0 Å². The number of aliphatic hydroxyl groups excluding tert-OH is 1. The van der Waals surface area contributed by atoms with E-state index in [9.17, 15) is 19.5 Å². The van der Waals surface area contributed by atoms with Crippen molar-refractivity contribution in [3.8, 4) is 0 Å². The second-order valence-electron chi connectivity index (χ2n) is 9.98. The Balaban J connectivity index is 1.54. The standard InChI is InChI=1S/C26H33N5O5S/c1-4-11-29(15-31-18-10-7-6-9-17(18)27-28-31)24(34)22-26-16(3)14-19(37-26)20(25(35)36-5-2)21(26)23(33)30(22)12-8-13-32/h4,6-7,9-10,16,19-22,32H,1,5,8,11-15H2,2-3H3/t16?,19-,20+,21-,22?,26?/m0/s1. The molecule has 0 aliphatic carbocycles. The second kappa shape index (κ2) is 10.1. The van der Waals surface area contributed by atoms with Crippen LogP contribution >= 0.6 is 11.8 Å². The Morgan fingerprint density at radius 3 is 2.89 bits per heavy atom. The zero-order valence-corrected chi connectivity index (χ0v) is 22.0. The average molecular weight is 528 g/mol. The monoisotopic (exact) mass is 527 g/mol. The van der Waals surface area contributed by atoms with Crippen LogP contribution in [0, 0.1) is 17.8 Å². The first kappa shape index (κ1) is 25.7. The number of amides is 2. The predicted octanol–water partition coefficient (Wildman–Crippen LogP) is 1.69. The summed E-state index contributed by atoms with van der Waals surface area (Å²) in [5.74, 6) is -1.92. The van der Waals surface area contributed by atoms with E-state index in [1.54, 1.807) is 39.2 Å². The Bertz CT molecular complexity index is 1220. The van der Waals surface area contributed by atoms with Crippen LogP contribution in [0.1, 0.15) is 26.7 Å². The van der Waals surface area contributed by atoms with Crippen molar-refractivity contribution in [2.45, 2.75) is 49.4 Å². The number of aromatic nitrogens is 3. The van der Waals surface area contributed by atoms with Crippen LogP contribution in [0.2, 0.25) is 0 Å². The number of ether oxygens (including phenoxy) is 1. The Labute approximate surface area is 220 Å². The van der Waals surface area contributed by atoms with Crippen molar-refractivity contribution < 1.29 is 24.2 Å².